The first-order valence-corrected chi connectivity index (χ1v) is 6.77. The van der Waals surface area contributed by atoms with Gasteiger partial charge in [-0.2, -0.15) is 4.73 Å². The van der Waals surface area contributed by atoms with E-state index in [1.807, 2.05) is 0 Å². The van der Waals surface area contributed by atoms with E-state index in [4.69, 9.17) is 28.9 Å². The number of rotatable bonds is 1. The molecule has 0 saturated carbocycles. The Morgan fingerprint density at radius 1 is 1.05 bits per heavy atom. The first-order valence-electron chi connectivity index (χ1n) is 6.02. The van der Waals surface area contributed by atoms with Crippen LogP contribution in [-0.4, -0.2) is 9.94 Å². The second-order valence-electron chi connectivity index (χ2n) is 4.43. The first-order chi connectivity index (χ1) is 10.0. The molecule has 0 aliphatic rings. The third-order valence-electron chi connectivity index (χ3n) is 3.20. The number of halogens is 2. The van der Waals surface area contributed by atoms with Crippen LogP contribution in [0.3, 0.4) is 0 Å². The van der Waals surface area contributed by atoms with Crippen LogP contribution in [0.4, 0.5) is 5.82 Å². The van der Waals surface area contributed by atoms with Gasteiger partial charge in [0.25, 0.3) is 0 Å². The monoisotopic (exact) mass is 322 g/mol. The van der Waals surface area contributed by atoms with E-state index in [-0.39, 0.29) is 27.1 Å². The standard InChI is InChI=1S/C14H10Cl2N3O2/c15-8-4-3-5-9(16)12(8)13-14(17)19(21)11-7-2-1-6-10(11)18(13)20/h1-7,20H,17H2/q+1. The second-order valence-corrected chi connectivity index (χ2v) is 5.24. The minimum absolute atomic E-state index is 0.0549. The summed E-state index contributed by atoms with van der Waals surface area (Å²) in [7, 11) is 0. The summed E-state index contributed by atoms with van der Waals surface area (Å²) in [6.07, 6.45) is 0. The molecule has 1 heterocycles. The molecule has 106 valence electrons. The number of aromatic nitrogens is 2. The molecule has 0 atom stereocenters. The zero-order valence-electron chi connectivity index (χ0n) is 10.6. The van der Waals surface area contributed by atoms with Crippen molar-refractivity contribution in [1.82, 2.24) is 4.73 Å². The number of hydrogen-bond donors (Lipinski definition) is 2. The molecular weight excluding hydrogens is 313 g/mol. The lowest BCUT2D eigenvalue weighted by Crippen LogP contribution is -2.25. The highest BCUT2D eigenvalue weighted by molar-refractivity contribution is 6.39. The molecule has 2 aromatic carbocycles. The molecule has 7 heteroatoms. The van der Waals surface area contributed by atoms with Crippen molar-refractivity contribution in [2.75, 3.05) is 5.73 Å². The van der Waals surface area contributed by atoms with Crippen molar-refractivity contribution < 1.29 is 9.63 Å². The Morgan fingerprint density at radius 2 is 1.67 bits per heavy atom. The SMILES string of the molecule is Nc1c(-c2c(Cl)cccc2Cl)n(O)c2ccccc2[n+]1=O. The topological polar surface area (TPSA) is 74.2 Å². The molecule has 0 aliphatic carbocycles. The predicted molar refractivity (Wildman–Crippen MR) is 82.4 cm³/mol. The van der Waals surface area contributed by atoms with Crippen molar-refractivity contribution in [2.24, 2.45) is 0 Å². The Bertz CT molecular complexity index is 902. The molecule has 3 aromatic rings. The molecule has 0 radical (unpaired) electrons. The zero-order valence-corrected chi connectivity index (χ0v) is 12.1. The van der Waals surface area contributed by atoms with Crippen LogP contribution in [0.1, 0.15) is 0 Å². The summed E-state index contributed by atoms with van der Waals surface area (Å²) in [5, 5.41) is 11.0. The quantitative estimate of drug-likeness (QED) is 0.533. The van der Waals surface area contributed by atoms with Crippen molar-refractivity contribution in [1.29, 1.82) is 0 Å². The summed E-state index contributed by atoms with van der Waals surface area (Å²) in [4.78, 5) is 12.3. The molecule has 3 N–H and O–H groups in total. The number of nitrogens with zero attached hydrogens (tertiary/aromatic N) is 2. The van der Waals surface area contributed by atoms with Gasteiger partial charge in [-0.3, -0.25) is 5.73 Å². The van der Waals surface area contributed by atoms with Gasteiger partial charge in [0.15, 0.2) is 5.69 Å². The average molecular weight is 323 g/mol. The highest BCUT2D eigenvalue weighted by Crippen LogP contribution is 2.37. The average Bonchev–Trinajstić information content (AvgIpc) is 2.48. The van der Waals surface area contributed by atoms with Crippen LogP contribution in [0.25, 0.3) is 22.3 Å². The summed E-state index contributed by atoms with van der Waals surface area (Å²) < 4.78 is 1.36. The Morgan fingerprint density at radius 3 is 2.33 bits per heavy atom. The van der Waals surface area contributed by atoms with E-state index < -0.39 is 0 Å². The van der Waals surface area contributed by atoms with Crippen molar-refractivity contribution >= 4 is 40.1 Å². The van der Waals surface area contributed by atoms with Gasteiger partial charge in [-0.15, -0.1) is 0 Å². The molecule has 0 fully saturated rings. The molecule has 0 saturated heterocycles. The normalized spacial score (nSPS) is 11.0. The minimum Gasteiger partial charge on any atom is -0.427 e. The van der Waals surface area contributed by atoms with Crippen molar-refractivity contribution in [3.8, 4) is 11.3 Å². The highest BCUT2D eigenvalue weighted by Gasteiger charge is 2.25. The lowest BCUT2D eigenvalue weighted by Gasteiger charge is -2.11. The van der Waals surface area contributed by atoms with Crippen molar-refractivity contribution in [3.63, 3.8) is 0 Å². The van der Waals surface area contributed by atoms with Crippen molar-refractivity contribution in [3.05, 3.63) is 57.4 Å². The second kappa shape index (κ2) is 4.95. The maximum absolute atomic E-state index is 12.3. The van der Waals surface area contributed by atoms with Gasteiger partial charge >= 0.3 is 5.82 Å². The number of fused-ring (bicyclic) bond motifs is 1. The molecule has 21 heavy (non-hydrogen) atoms. The fourth-order valence-corrected chi connectivity index (χ4v) is 2.80. The van der Waals surface area contributed by atoms with Crippen LogP contribution in [0.15, 0.2) is 42.5 Å². The number of anilines is 1. The molecular formula is C14H10Cl2N3O2+. The number of nitrogen functional groups attached to an aromatic ring is 1. The lowest BCUT2D eigenvalue weighted by atomic mass is 10.1. The smallest absolute Gasteiger partial charge is 0.346 e. The summed E-state index contributed by atoms with van der Waals surface area (Å²) in [5.41, 5.74) is 6.77. The Kier molecular flexibility index (Phi) is 3.23. The Labute approximate surface area is 129 Å². The van der Waals surface area contributed by atoms with Gasteiger partial charge in [-0.1, -0.05) is 46.3 Å². The molecule has 0 aliphatic heterocycles. The van der Waals surface area contributed by atoms with Crippen LogP contribution < -0.4 is 10.2 Å². The summed E-state index contributed by atoms with van der Waals surface area (Å²) >= 11 is 12.3. The van der Waals surface area contributed by atoms with Crippen LogP contribution in [0, 0.1) is 4.91 Å². The predicted octanol–water partition coefficient (Wildman–Crippen LogP) is 3.35. The van der Waals surface area contributed by atoms with E-state index in [0.29, 0.717) is 15.5 Å². The molecule has 0 amide bonds. The maximum Gasteiger partial charge on any atom is 0.346 e. The number of benzene rings is 2. The Hall–Kier alpha value is -2.24. The fourth-order valence-electron chi connectivity index (χ4n) is 2.23. The summed E-state index contributed by atoms with van der Waals surface area (Å²) in [6.45, 7) is 0. The summed E-state index contributed by atoms with van der Waals surface area (Å²) in [6, 6.07) is 11.4. The van der Waals surface area contributed by atoms with E-state index in [9.17, 15) is 10.1 Å². The van der Waals surface area contributed by atoms with Crippen LogP contribution in [0.2, 0.25) is 10.0 Å². The van der Waals surface area contributed by atoms with Gasteiger partial charge in [0, 0.05) is 9.99 Å². The van der Waals surface area contributed by atoms with Gasteiger partial charge in [0.1, 0.15) is 5.52 Å². The van der Waals surface area contributed by atoms with E-state index in [0.717, 1.165) is 4.73 Å². The fraction of sp³-hybridized carbons (Fsp3) is 0. The molecule has 0 spiro atoms. The van der Waals surface area contributed by atoms with Gasteiger partial charge < -0.3 is 5.21 Å². The molecule has 3 rings (SSSR count). The van der Waals surface area contributed by atoms with Crippen LogP contribution >= 0.6 is 23.2 Å². The maximum atomic E-state index is 12.3. The largest absolute Gasteiger partial charge is 0.427 e. The van der Waals surface area contributed by atoms with Gasteiger partial charge in [-0.25, -0.2) is 0 Å². The third kappa shape index (κ3) is 2.02. The minimum atomic E-state index is -0.189. The molecule has 0 bridgehead atoms. The van der Waals surface area contributed by atoms with Gasteiger partial charge in [0.05, 0.1) is 10.0 Å². The zero-order chi connectivity index (χ0) is 15.1. The molecule has 5 nitrogen and oxygen atoms in total. The molecule has 0 unspecified atom stereocenters. The van der Waals surface area contributed by atoms with E-state index in [1.54, 1.807) is 42.5 Å². The van der Waals surface area contributed by atoms with Crippen LogP contribution in [-0.2, 0) is 0 Å². The number of hydrogen-bond acceptors (Lipinski definition) is 3. The highest BCUT2D eigenvalue weighted by atomic mass is 35.5. The third-order valence-corrected chi connectivity index (χ3v) is 3.83. The first kappa shape index (κ1) is 13.7. The van der Waals surface area contributed by atoms with Gasteiger partial charge in [0.2, 0.25) is 5.52 Å². The van der Waals surface area contributed by atoms with E-state index >= 15 is 0 Å². The number of nitrogens with two attached hydrogens (primary N) is 1. The molecule has 1 aromatic heterocycles. The Balaban J connectivity index is 2.53. The lowest BCUT2D eigenvalue weighted by molar-refractivity contribution is -0.447. The number of para-hydroxylation sites is 2. The van der Waals surface area contributed by atoms with Gasteiger partial charge in [-0.05, 0) is 24.3 Å². The van der Waals surface area contributed by atoms with E-state index in [1.165, 1.54) is 0 Å². The van der Waals surface area contributed by atoms with E-state index in [2.05, 4.69) is 0 Å². The van der Waals surface area contributed by atoms with Crippen molar-refractivity contribution in [2.45, 2.75) is 0 Å². The van der Waals surface area contributed by atoms with Crippen LogP contribution in [0.5, 0.6) is 0 Å². The summed E-state index contributed by atoms with van der Waals surface area (Å²) in [5.74, 6) is -0.189.